The zero-order valence-corrected chi connectivity index (χ0v) is 9.13. The normalized spacial score (nSPS) is 13.1. The van der Waals surface area contributed by atoms with E-state index in [2.05, 4.69) is 9.98 Å². The second-order valence-corrected chi connectivity index (χ2v) is 3.61. The zero-order chi connectivity index (χ0) is 12.5. The van der Waals surface area contributed by atoms with Gasteiger partial charge in [0.25, 0.3) is 0 Å². The van der Waals surface area contributed by atoms with Crippen LogP contribution in [0.1, 0.15) is 0 Å². The standard InChI is InChI=1S/C11H6ClF3N2/c12-10(11(13,14)15)17-9-8-4-2-1-3-7(8)5-6-16-9/h1-6H. The summed E-state index contributed by atoms with van der Waals surface area (Å²) in [7, 11) is 0. The Kier molecular flexibility index (Phi) is 3.02. The number of aliphatic imine (C=N–C) groups is 1. The summed E-state index contributed by atoms with van der Waals surface area (Å²) >= 11 is 5.08. The van der Waals surface area contributed by atoms with Gasteiger partial charge in [-0.3, -0.25) is 0 Å². The molecule has 0 radical (unpaired) electrons. The fraction of sp³-hybridized carbons (Fsp3) is 0.0909. The first-order chi connectivity index (χ1) is 7.98. The molecule has 0 aliphatic heterocycles. The third-order valence-electron chi connectivity index (χ3n) is 2.09. The van der Waals surface area contributed by atoms with Crippen molar-refractivity contribution in [2.45, 2.75) is 6.18 Å². The molecule has 0 amide bonds. The minimum atomic E-state index is -4.65. The molecule has 0 saturated carbocycles. The van der Waals surface area contributed by atoms with Crippen LogP contribution in [0.4, 0.5) is 19.0 Å². The second-order valence-electron chi connectivity index (χ2n) is 3.26. The number of nitrogens with zero attached hydrogens (tertiary/aromatic N) is 2. The third kappa shape index (κ3) is 2.55. The molecule has 2 nitrogen and oxygen atoms in total. The number of halogens is 4. The number of pyridine rings is 1. The third-order valence-corrected chi connectivity index (χ3v) is 2.39. The zero-order valence-electron chi connectivity index (χ0n) is 8.37. The van der Waals surface area contributed by atoms with Crippen molar-refractivity contribution in [1.29, 1.82) is 0 Å². The largest absolute Gasteiger partial charge is 0.444 e. The Morgan fingerprint density at radius 1 is 1.18 bits per heavy atom. The van der Waals surface area contributed by atoms with Crippen LogP contribution in [0, 0.1) is 0 Å². The molecule has 0 spiro atoms. The van der Waals surface area contributed by atoms with Crippen LogP contribution in [0.25, 0.3) is 10.8 Å². The summed E-state index contributed by atoms with van der Waals surface area (Å²) in [6, 6.07) is 8.57. The molecular weight excluding hydrogens is 253 g/mol. The highest BCUT2D eigenvalue weighted by Crippen LogP contribution is 2.27. The average Bonchev–Trinajstić information content (AvgIpc) is 2.28. The minimum Gasteiger partial charge on any atom is -0.237 e. The van der Waals surface area contributed by atoms with E-state index in [1.54, 1.807) is 30.3 Å². The molecular formula is C11H6ClF3N2. The van der Waals surface area contributed by atoms with E-state index < -0.39 is 11.3 Å². The van der Waals surface area contributed by atoms with Crippen LogP contribution in [-0.4, -0.2) is 16.3 Å². The monoisotopic (exact) mass is 258 g/mol. The van der Waals surface area contributed by atoms with Crippen molar-refractivity contribution in [3.63, 3.8) is 0 Å². The highest BCUT2D eigenvalue weighted by atomic mass is 35.5. The molecule has 1 heterocycles. The van der Waals surface area contributed by atoms with Crippen molar-refractivity contribution in [3.8, 4) is 0 Å². The summed E-state index contributed by atoms with van der Waals surface area (Å²) in [5.41, 5.74) is 0. The number of alkyl halides is 3. The molecule has 0 saturated heterocycles. The summed E-state index contributed by atoms with van der Waals surface area (Å²) in [6.07, 6.45) is -3.26. The average molecular weight is 259 g/mol. The van der Waals surface area contributed by atoms with Crippen LogP contribution in [0.2, 0.25) is 0 Å². The number of benzene rings is 1. The lowest BCUT2D eigenvalue weighted by molar-refractivity contribution is -0.0558. The number of hydrogen-bond donors (Lipinski definition) is 0. The predicted molar refractivity (Wildman–Crippen MR) is 60.7 cm³/mol. The number of fused-ring (bicyclic) bond motifs is 1. The molecule has 2 rings (SSSR count). The van der Waals surface area contributed by atoms with E-state index in [1.165, 1.54) is 6.20 Å². The lowest BCUT2D eigenvalue weighted by Gasteiger charge is -2.04. The van der Waals surface area contributed by atoms with Gasteiger partial charge in [0, 0.05) is 11.6 Å². The second kappa shape index (κ2) is 4.33. The summed E-state index contributed by atoms with van der Waals surface area (Å²) in [6.45, 7) is 0. The van der Waals surface area contributed by atoms with E-state index in [1.807, 2.05) is 0 Å². The van der Waals surface area contributed by atoms with Crippen molar-refractivity contribution in [3.05, 3.63) is 36.5 Å². The van der Waals surface area contributed by atoms with E-state index in [9.17, 15) is 13.2 Å². The maximum absolute atomic E-state index is 12.2. The first kappa shape index (κ1) is 11.9. The maximum atomic E-state index is 12.2. The Balaban J connectivity index is 2.57. The van der Waals surface area contributed by atoms with E-state index in [-0.39, 0.29) is 5.82 Å². The molecule has 0 atom stereocenters. The van der Waals surface area contributed by atoms with Crippen LogP contribution < -0.4 is 0 Å². The quantitative estimate of drug-likeness (QED) is 0.708. The molecule has 0 fully saturated rings. The summed E-state index contributed by atoms with van der Waals surface area (Å²) in [5, 5.41) is -0.147. The van der Waals surface area contributed by atoms with Crippen LogP contribution in [0.5, 0.6) is 0 Å². The van der Waals surface area contributed by atoms with Crippen LogP contribution in [0.15, 0.2) is 41.5 Å². The molecule has 0 aliphatic carbocycles. The molecule has 6 heteroatoms. The summed E-state index contributed by atoms with van der Waals surface area (Å²) < 4.78 is 36.7. The SMILES string of the molecule is FC(F)(F)C(Cl)=Nc1nccc2ccccc12. The van der Waals surface area contributed by atoms with Gasteiger partial charge >= 0.3 is 6.18 Å². The van der Waals surface area contributed by atoms with Crippen molar-refractivity contribution < 1.29 is 13.2 Å². The van der Waals surface area contributed by atoms with Crippen molar-refractivity contribution in [2.75, 3.05) is 0 Å². The van der Waals surface area contributed by atoms with Crippen LogP contribution >= 0.6 is 11.6 Å². The Bertz CT molecular complexity index is 573. The molecule has 0 aliphatic rings. The van der Waals surface area contributed by atoms with Gasteiger partial charge in [0.1, 0.15) is 0 Å². The fourth-order valence-corrected chi connectivity index (χ4v) is 1.43. The topological polar surface area (TPSA) is 25.2 Å². The van der Waals surface area contributed by atoms with Crippen LogP contribution in [-0.2, 0) is 0 Å². The molecule has 1 aromatic heterocycles. The Hall–Kier alpha value is -1.62. The van der Waals surface area contributed by atoms with Gasteiger partial charge in [0.15, 0.2) is 5.82 Å². The van der Waals surface area contributed by atoms with Gasteiger partial charge in [-0.05, 0) is 11.5 Å². The highest BCUT2D eigenvalue weighted by molar-refractivity contribution is 6.67. The lowest BCUT2D eigenvalue weighted by Crippen LogP contribution is -2.16. The summed E-state index contributed by atoms with van der Waals surface area (Å²) in [4.78, 5) is 7.09. The minimum absolute atomic E-state index is 0.0366. The van der Waals surface area contributed by atoms with Crippen LogP contribution in [0.3, 0.4) is 0 Å². The molecule has 17 heavy (non-hydrogen) atoms. The van der Waals surface area contributed by atoms with Gasteiger partial charge < -0.3 is 0 Å². The Labute approximate surface area is 99.8 Å². The van der Waals surface area contributed by atoms with Crippen molar-refractivity contribution in [1.82, 2.24) is 4.98 Å². The summed E-state index contributed by atoms with van der Waals surface area (Å²) in [5.74, 6) is -0.0366. The van der Waals surface area contributed by atoms with Gasteiger partial charge in [-0.2, -0.15) is 13.2 Å². The van der Waals surface area contributed by atoms with Gasteiger partial charge in [-0.15, -0.1) is 0 Å². The van der Waals surface area contributed by atoms with Gasteiger partial charge in [0.05, 0.1) is 0 Å². The van der Waals surface area contributed by atoms with Crippen molar-refractivity contribution >= 4 is 33.4 Å². The van der Waals surface area contributed by atoms with E-state index in [0.717, 1.165) is 5.39 Å². The first-order valence-corrected chi connectivity index (χ1v) is 5.01. The molecule has 1 aromatic carbocycles. The molecule has 0 bridgehead atoms. The smallest absolute Gasteiger partial charge is 0.237 e. The Morgan fingerprint density at radius 2 is 1.88 bits per heavy atom. The number of rotatable bonds is 1. The highest BCUT2D eigenvalue weighted by Gasteiger charge is 2.34. The lowest BCUT2D eigenvalue weighted by atomic mass is 10.2. The predicted octanol–water partition coefficient (Wildman–Crippen LogP) is 4.07. The van der Waals surface area contributed by atoms with Gasteiger partial charge in [0.2, 0.25) is 5.17 Å². The van der Waals surface area contributed by atoms with Gasteiger partial charge in [-0.1, -0.05) is 35.9 Å². The molecule has 0 N–H and O–H groups in total. The van der Waals surface area contributed by atoms with E-state index >= 15 is 0 Å². The molecule has 0 unspecified atom stereocenters. The van der Waals surface area contributed by atoms with E-state index in [4.69, 9.17) is 11.6 Å². The maximum Gasteiger partial charge on any atom is 0.444 e. The van der Waals surface area contributed by atoms with Crippen molar-refractivity contribution in [2.24, 2.45) is 4.99 Å². The first-order valence-electron chi connectivity index (χ1n) is 4.63. The fourth-order valence-electron chi connectivity index (χ4n) is 1.35. The number of hydrogen-bond acceptors (Lipinski definition) is 2. The number of aromatic nitrogens is 1. The van der Waals surface area contributed by atoms with E-state index in [0.29, 0.717) is 5.39 Å². The molecule has 88 valence electrons. The molecule has 2 aromatic rings. The van der Waals surface area contributed by atoms with Gasteiger partial charge in [-0.25, -0.2) is 9.98 Å². The Morgan fingerprint density at radius 3 is 2.59 bits per heavy atom.